The minimum absolute atomic E-state index is 0. The molecule has 0 bridgehead atoms. The summed E-state index contributed by atoms with van der Waals surface area (Å²) in [5.41, 5.74) is 3.48. The molecule has 0 unspecified atom stereocenters. The van der Waals surface area contributed by atoms with Crippen molar-refractivity contribution < 1.29 is 4.79 Å². The summed E-state index contributed by atoms with van der Waals surface area (Å²) in [6.45, 7) is 11.6. The van der Waals surface area contributed by atoms with E-state index in [1.165, 1.54) is 96.3 Å². The predicted molar refractivity (Wildman–Crippen MR) is 130 cm³/mol. The zero-order chi connectivity index (χ0) is 20.2. The van der Waals surface area contributed by atoms with Gasteiger partial charge in [-0.3, -0.25) is 10.2 Å². The first kappa shape index (κ1) is 29.8. The van der Waals surface area contributed by atoms with Gasteiger partial charge in [-0.2, -0.15) is 0 Å². The van der Waals surface area contributed by atoms with Crippen LogP contribution in [0.3, 0.4) is 0 Å². The van der Waals surface area contributed by atoms with Crippen LogP contribution in [-0.2, 0) is 4.79 Å². The van der Waals surface area contributed by atoms with Crippen molar-refractivity contribution in [2.75, 3.05) is 13.1 Å². The van der Waals surface area contributed by atoms with Crippen molar-refractivity contribution in [3.05, 3.63) is 12.2 Å². The monoisotopic (exact) mass is 460 g/mol. The lowest BCUT2D eigenvalue weighted by molar-refractivity contribution is -0.122. The maximum Gasteiger partial charge on any atom is 0.260 e. The summed E-state index contributed by atoms with van der Waals surface area (Å²) in [5, 5.41) is 2.00. The van der Waals surface area contributed by atoms with Gasteiger partial charge in [0.25, 0.3) is 5.91 Å². The topological polar surface area (TPSA) is 32.3 Å². The predicted octanol–water partition coefficient (Wildman–Crippen LogP) is 7.76. The summed E-state index contributed by atoms with van der Waals surface area (Å²) >= 11 is 0. The molecule has 0 saturated carbocycles. The van der Waals surface area contributed by atoms with Crippen LogP contribution >= 0.6 is 17.0 Å². The highest BCUT2D eigenvalue weighted by Crippen LogP contribution is 2.13. The molecule has 0 fully saturated rings. The highest BCUT2D eigenvalue weighted by Gasteiger charge is 2.07. The Morgan fingerprint density at radius 1 is 0.714 bits per heavy atom. The van der Waals surface area contributed by atoms with Gasteiger partial charge in [0.2, 0.25) is 0 Å². The Kier molecular flexibility index (Phi) is 24.4. The minimum atomic E-state index is -0.0617. The van der Waals surface area contributed by atoms with Gasteiger partial charge in [0, 0.05) is 18.7 Å². The molecule has 0 heterocycles. The molecule has 0 aliphatic carbocycles. The fraction of sp³-hybridized carbons (Fsp3) is 0.875. The third-order valence-corrected chi connectivity index (χ3v) is 5.31. The SMILES string of the molecule is Br.C=C(C)C(=O)NN(CC)CCCCCCCCCCCCCCCCCC. The summed E-state index contributed by atoms with van der Waals surface area (Å²) in [4.78, 5) is 11.6. The van der Waals surface area contributed by atoms with E-state index >= 15 is 0 Å². The summed E-state index contributed by atoms with van der Waals surface area (Å²) in [6, 6.07) is 0. The zero-order valence-corrected chi connectivity index (χ0v) is 20.9. The van der Waals surface area contributed by atoms with Gasteiger partial charge >= 0.3 is 0 Å². The smallest absolute Gasteiger partial charge is 0.260 e. The highest BCUT2D eigenvalue weighted by atomic mass is 79.9. The van der Waals surface area contributed by atoms with Gasteiger partial charge in [0.1, 0.15) is 0 Å². The maximum absolute atomic E-state index is 11.6. The number of carbonyl (C=O) groups is 1. The largest absolute Gasteiger partial charge is 0.285 e. The molecule has 1 amide bonds. The zero-order valence-electron chi connectivity index (χ0n) is 19.2. The Hall–Kier alpha value is -0.350. The molecular weight excluding hydrogens is 412 g/mol. The van der Waals surface area contributed by atoms with Gasteiger partial charge in [-0.25, -0.2) is 5.01 Å². The first-order valence-corrected chi connectivity index (χ1v) is 11.8. The normalized spacial score (nSPS) is 10.7. The Bertz CT molecular complexity index is 361. The molecule has 0 aromatic heterocycles. The van der Waals surface area contributed by atoms with Crippen molar-refractivity contribution in [1.82, 2.24) is 10.4 Å². The van der Waals surface area contributed by atoms with Crippen molar-refractivity contribution in [1.29, 1.82) is 0 Å². The molecule has 0 spiro atoms. The van der Waals surface area contributed by atoms with Crippen LogP contribution in [0.25, 0.3) is 0 Å². The van der Waals surface area contributed by atoms with Crippen LogP contribution in [0.15, 0.2) is 12.2 Å². The minimum Gasteiger partial charge on any atom is -0.285 e. The Morgan fingerprint density at radius 2 is 1.07 bits per heavy atom. The Morgan fingerprint density at radius 3 is 1.39 bits per heavy atom. The lowest BCUT2D eigenvalue weighted by Crippen LogP contribution is -2.42. The van der Waals surface area contributed by atoms with Gasteiger partial charge in [0.05, 0.1) is 0 Å². The van der Waals surface area contributed by atoms with Gasteiger partial charge < -0.3 is 0 Å². The van der Waals surface area contributed by atoms with Crippen LogP contribution < -0.4 is 5.43 Å². The number of hydrogen-bond donors (Lipinski definition) is 1. The molecule has 3 nitrogen and oxygen atoms in total. The molecule has 0 aromatic rings. The Balaban J connectivity index is 0. The molecule has 0 saturated heterocycles. The average molecular weight is 462 g/mol. The van der Waals surface area contributed by atoms with Crippen LogP contribution in [0.5, 0.6) is 0 Å². The number of carbonyl (C=O) groups excluding carboxylic acids is 1. The van der Waals surface area contributed by atoms with Crippen molar-refractivity contribution in [3.63, 3.8) is 0 Å². The molecule has 0 atom stereocenters. The van der Waals surface area contributed by atoms with E-state index in [0.29, 0.717) is 5.57 Å². The Labute approximate surface area is 186 Å². The van der Waals surface area contributed by atoms with Crippen LogP contribution in [-0.4, -0.2) is 24.0 Å². The van der Waals surface area contributed by atoms with Crippen LogP contribution in [0.4, 0.5) is 0 Å². The number of rotatable bonds is 20. The molecular formula is C24H49BrN2O. The number of nitrogens with zero attached hydrogens (tertiary/aromatic N) is 1. The number of amides is 1. The van der Waals surface area contributed by atoms with Crippen LogP contribution in [0.1, 0.15) is 124 Å². The van der Waals surface area contributed by atoms with Gasteiger partial charge in [-0.15, -0.1) is 17.0 Å². The third-order valence-electron chi connectivity index (χ3n) is 5.31. The van der Waals surface area contributed by atoms with E-state index in [9.17, 15) is 4.79 Å². The summed E-state index contributed by atoms with van der Waals surface area (Å²) < 4.78 is 0. The average Bonchev–Trinajstić information content (AvgIpc) is 2.66. The van der Waals surface area contributed by atoms with Gasteiger partial charge in [-0.05, 0) is 13.3 Å². The highest BCUT2D eigenvalue weighted by molar-refractivity contribution is 8.93. The fourth-order valence-corrected chi connectivity index (χ4v) is 3.38. The molecule has 28 heavy (non-hydrogen) atoms. The molecule has 0 aromatic carbocycles. The van der Waals surface area contributed by atoms with E-state index in [1.54, 1.807) is 6.92 Å². The molecule has 1 N–H and O–H groups in total. The number of hydrazine groups is 1. The molecule has 0 rings (SSSR count). The third kappa shape index (κ3) is 20.4. The standard InChI is InChI=1S/C24H48N2O.BrH/c1-5-7-8-9-10-11-12-13-14-15-16-17-18-19-20-21-22-26(6-2)25-24(27)23(3)4;/h3,5-22H2,1-2,4H3,(H,25,27);1H. The van der Waals surface area contributed by atoms with Crippen molar-refractivity contribution in [2.45, 2.75) is 124 Å². The molecule has 0 aliphatic heterocycles. The van der Waals surface area contributed by atoms with Crippen LogP contribution in [0.2, 0.25) is 0 Å². The second kappa shape index (κ2) is 22.9. The lowest BCUT2D eigenvalue weighted by atomic mass is 10.0. The molecule has 4 heteroatoms. The maximum atomic E-state index is 11.6. The summed E-state index contributed by atoms with van der Waals surface area (Å²) in [5.74, 6) is -0.0617. The van der Waals surface area contributed by atoms with Gasteiger partial charge in [0.15, 0.2) is 0 Å². The van der Waals surface area contributed by atoms with E-state index in [0.717, 1.165) is 19.5 Å². The van der Waals surface area contributed by atoms with Crippen molar-refractivity contribution >= 4 is 22.9 Å². The number of hydrogen-bond acceptors (Lipinski definition) is 2. The summed E-state index contributed by atoms with van der Waals surface area (Å²) in [6.07, 6.45) is 22.2. The second-order valence-electron chi connectivity index (χ2n) is 8.10. The number of nitrogens with one attached hydrogen (secondary N) is 1. The molecule has 0 radical (unpaired) electrons. The van der Waals surface area contributed by atoms with Crippen LogP contribution in [0, 0.1) is 0 Å². The van der Waals surface area contributed by atoms with E-state index < -0.39 is 0 Å². The van der Waals surface area contributed by atoms with E-state index in [-0.39, 0.29) is 22.9 Å². The summed E-state index contributed by atoms with van der Waals surface area (Å²) in [7, 11) is 0. The fourth-order valence-electron chi connectivity index (χ4n) is 3.38. The number of unbranched alkanes of at least 4 members (excludes halogenated alkanes) is 15. The molecule has 168 valence electrons. The van der Waals surface area contributed by atoms with E-state index in [2.05, 4.69) is 25.9 Å². The first-order valence-electron chi connectivity index (χ1n) is 11.8. The first-order chi connectivity index (χ1) is 13.1. The quantitative estimate of drug-likeness (QED) is 0.114. The van der Waals surface area contributed by atoms with E-state index in [4.69, 9.17) is 0 Å². The lowest BCUT2D eigenvalue weighted by Gasteiger charge is -2.21. The molecule has 0 aliphatic rings. The van der Waals surface area contributed by atoms with Crippen molar-refractivity contribution in [3.8, 4) is 0 Å². The second-order valence-corrected chi connectivity index (χ2v) is 8.10. The van der Waals surface area contributed by atoms with Gasteiger partial charge in [-0.1, -0.05) is 117 Å². The van der Waals surface area contributed by atoms with E-state index in [1.807, 2.05) is 5.01 Å². The number of halogens is 1. The van der Waals surface area contributed by atoms with Crippen molar-refractivity contribution in [2.24, 2.45) is 0 Å².